The summed E-state index contributed by atoms with van der Waals surface area (Å²) in [6.07, 6.45) is 0. The van der Waals surface area contributed by atoms with Crippen molar-refractivity contribution in [3.8, 4) is 101 Å². The van der Waals surface area contributed by atoms with Gasteiger partial charge in [-0.1, -0.05) is 291 Å². The third-order valence-electron chi connectivity index (χ3n) is 21.1. The Morgan fingerprint density at radius 2 is 0.495 bits per heavy atom. The third kappa shape index (κ3) is 10.6. The van der Waals surface area contributed by atoms with Crippen LogP contribution >= 0.6 is 0 Å². The maximum atomic E-state index is 5.96. The molecule has 20 rings (SSSR count). The van der Waals surface area contributed by atoms with Crippen LogP contribution in [0.3, 0.4) is 0 Å². The SMILES string of the molecule is c1ccc(-c2ccc(N3c4cc5ccc6ccccc6c5cc4B4c5cc6c(ccc7ccccc76)cc5N(c5ccc(-c6ccccc6)cc5)c5cc(-c6cc(-c7cc(-c8ccccc8)cc(-c8ccccc8)c7)nc(-c7cc(-c8ccccc8)cc(-c8ccccc8)c7)n6)cc3c54)cc2)cc1. The fraction of sp³-hybridized carbons (Fsp3) is 0. The van der Waals surface area contributed by atoms with E-state index in [4.69, 9.17) is 9.97 Å². The number of anilines is 6. The zero-order chi connectivity index (χ0) is 67.9. The van der Waals surface area contributed by atoms with E-state index in [0.29, 0.717) is 5.82 Å². The lowest BCUT2D eigenvalue weighted by Crippen LogP contribution is -2.61. The van der Waals surface area contributed by atoms with E-state index in [1.54, 1.807) is 0 Å². The van der Waals surface area contributed by atoms with Gasteiger partial charge in [0.05, 0.1) is 11.4 Å². The number of rotatable bonds is 11. The van der Waals surface area contributed by atoms with Gasteiger partial charge in [0.25, 0.3) is 6.71 Å². The molecular formula is C98H63BN4. The predicted octanol–water partition coefficient (Wildman–Crippen LogP) is 24.2. The van der Waals surface area contributed by atoms with Crippen LogP contribution in [0.2, 0.25) is 0 Å². The van der Waals surface area contributed by atoms with Gasteiger partial charge in [-0.25, -0.2) is 9.97 Å². The highest BCUT2D eigenvalue weighted by Gasteiger charge is 2.44. The number of nitrogens with zero attached hydrogens (tertiary/aromatic N) is 4. The summed E-state index contributed by atoms with van der Waals surface area (Å²) in [6.45, 7) is -0.221. The van der Waals surface area contributed by atoms with Gasteiger partial charge in [0.2, 0.25) is 0 Å². The van der Waals surface area contributed by atoms with E-state index in [1.807, 2.05) is 0 Å². The maximum Gasteiger partial charge on any atom is 0.252 e. The molecule has 2 aliphatic rings. The topological polar surface area (TPSA) is 32.3 Å². The van der Waals surface area contributed by atoms with E-state index in [2.05, 4.69) is 392 Å². The van der Waals surface area contributed by atoms with Crippen LogP contribution in [0.15, 0.2) is 382 Å². The van der Waals surface area contributed by atoms with Crippen LogP contribution in [-0.4, -0.2) is 16.7 Å². The third-order valence-corrected chi connectivity index (χ3v) is 21.1. The highest BCUT2D eigenvalue weighted by atomic mass is 15.2. The van der Waals surface area contributed by atoms with E-state index in [0.717, 1.165) is 118 Å². The lowest BCUT2D eigenvalue weighted by atomic mass is 9.33. The second-order valence-electron chi connectivity index (χ2n) is 27.2. The normalized spacial score (nSPS) is 12.2. The molecule has 17 aromatic carbocycles. The van der Waals surface area contributed by atoms with Crippen LogP contribution in [0.1, 0.15) is 0 Å². The first kappa shape index (κ1) is 59.6. The smallest absolute Gasteiger partial charge is 0.252 e. The molecule has 0 atom stereocenters. The van der Waals surface area contributed by atoms with Crippen molar-refractivity contribution in [1.82, 2.24) is 9.97 Å². The Kier molecular flexibility index (Phi) is 14.3. The molecule has 4 nitrogen and oxygen atoms in total. The van der Waals surface area contributed by atoms with Gasteiger partial charge in [0, 0.05) is 50.8 Å². The Morgan fingerprint density at radius 1 is 0.194 bits per heavy atom. The molecule has 0 saturated heterocycles. The van der Waals surface area contributed by atoms with E-state index < -0.39 is 0 Å². The van der Waals surface area contributed by atoms with Crippen molar-refractivity contribution in [2.45, 2.75) is 0 Å². The van der Waals surface area contributed by atoms with Gasteiger partial charge in [-0.05, 0) is 217 Å². The maximum absolute atomic E-state index is 5.96. The first-order valence-corrected chi connectivity index (χ1v) is 35.4. The Balaban J connectivity index is 0.908. The lowest BCUT2D eigenvalue weighted by Gasteiger charge is -2.44. The second kappa shape index (κ2) is 24.8. The minimum Gasteiger partial charge on any atom is -0.311 e. The molecule has 0 radical (unpaired) electrons. The molecule has 5 heteroatoms. The van der Waals surface area contributed by atoms with Gasteiger partial charge in [-0.15, -0.1) is 0 Å². The van der Waals surface area contributed by atoms with E-state index in [-0.39, 0.29) is 6.71 Å². The summed E-state index contributed by atoms with van der Waals surface area (Å²) in [5.41, 5.74) is 28.1. The van der Waals surface area contributed by atoms with Crippen LogP contribution in [-0.2, 0) is 0 Å². The molecule has 0 aliphatic carbocycles. The molecule has 0 N–H and O–H groups in total. The average molecular weight is 1310 g/mol. The molecule has 0 amide bonds. The van der Waals surface area contributed by atoms with Crippen LogP contribution in [0.5, 0.6) is 0 Å². The largest absolute Gasteiger partial charge is 0.311 e. The van der Waals surface area contributed by atoms with Crippen molar-refractivity contribution in [1.29, 1.82) is 0 Å². The highest BCUT2D eigenvalue weighted by Crippen LogP contribution is 2.49. The molecule has 3 heterocycles. The van der Waals surface area contributed by atoms with E-state index >= 15 is 0 Å². The summed E-state index contributed by atoms with van der Waals surface area (Å²) in [5.74, 6) is 0.618. The number of hydrogen-bond donors (Lipinski definition) is 0. The fourth-order valence-corrected chi connectivity index (χ4v) is 16.2. The molecule has 103 heavy (non-hydrogen) atoms. The number of benzene rings is 17. The molecule has 0 fully saturated rings. The summed E-state index contributed by atoms with van der Waals surface area (Å²) >= 11 is 0. The molecule has 1 aromatic heterocycles. The standard InChI is InChI=1S/C98H63BN4/c1-7-23-64(24-8-1)70-43-47-83(48-44-70)102-93-57-74-41-39-72-35-19-21-37-85(72)87(74)61-89(93)99-90-62-88-75(42-40-73-36-20-22-38-86(73)88)58-94(90)103(84-49-45-71(46-50-84)65-25-9-2-10-26-65)96-60-81(59-95(102)97(96)99)92-63-91(80-53-76(66-27-11-3-12-28-66)51-77(54-80)67-29-13-4-14-30-67)100-98(101-92)82-55-78(68-31-15-5-16-32-68)52-79(56-82)69-33-17-6-18-34-69/h1-63H. The number of hydrogen-bond acceptors (Lipinski definition) is 4. The van der Waals surface area contributed by atoms with Crippen LogP contribution in [0, 0.1) is 0 Å². The molecule has 0 unspecified atom stereocenters. The molecule has 0 bridgehead atoms. The molecule has 0 spiro atoms. The van der Waals surface area contributed by atoms with Crippen molar-refractivity contribution in [2.75, 3.05) is 9.80 Å². The van der Waals surface area contributed by atoms with Crippen molar-refractivity contribution in [3.05, 3.63) is 382 Å². The zero-order valence-corrected chi connectivity index (χ0v) is 56.2. The summed E-state index contributed by atoms with van der Waals surface area (Å²) in [5, 5.41) is 9.69. The summed E-state index contributed by atoms with van der Waals surface area (Å²) in [6, 6.07) is 141. The van der Waals surface area contributed by atoms with Crippen molar-refractivity contribution in [3.63, 3.8) is 0 Å². The zero-order valence-electron chi connectivity index (χ0n) is 56.2. The number of fused-ring (bicyclic) bond motifs is 10. The molecule has 0 saturated carbocycles. The van der Waals surface area contributed by atoms with Crippen molar-refractivity contribution in [2.24, 2.45) is 0 Å². The lowest BCUT2D eigenvalue weighted by molar-refractivity contribution is 1.18. The summed E-state index contributed by atoms with van der Waals surface area (Å²) < 4.78 is 0. The minimum atomic E-state index is -0.221. The first-order valence-electron chi connectivity index (χ1n) is 35.4. The fourth-order valence-electron chi connectivity index (χ4n) is 16.2. The van der Waals surface area contributed by atoms with Gasteiger partial charge in [0.1, 0.15) is 0 Å². The quantitative estimate of drug-likeness (QED) is 0.0954. The van der Waals surface area contributed by atoms with Gasteiger partial charge in [-0.2, -0.15) is 0 Å². The Hall–Kier alpha value is -13.5. The second-order valence-corrected chi connectivity index (χ2v) is 27.2. The van der Waals surface area contributed by atoms with E-state index in [1.165, 1.54) is 70.6 Å². The molecular weight excluding hydrogens is 1240 g/mol. The van der Waals surface area contributed by atoms with Gasteiger partial charge in [0.15, 0.2) is 5.82 Å². The van der Waals surface area contributed by atoms with Gasteiger partial charge < -0.3 is 9.80 Å². The predicted molar refractivity (Wildman–Crippen MR) is 435 cm³/mol. The summed E-state index contributed by atoms with van der Waals surface area (Å²) in [7, 11) is 0. The van der Waals surface area contributed by atoms with Crippen LogP contribution in [0.4, 0.5) is 34.1 Å². The van der Waals surface area contributed by atoms with Crippen LogP contribution < -0.4 is 26.2 Å². The molecule has 18 aromatic rings. The molecule has 2 aliphatic heterocycles. The van der Waals surface area contributed by atoms with Gasteiger partial charge >= 0.3 is 0 Å². The average Bonchev–Trinajstić information content (AvgIpc) is 0.688. The Labute approximate surface area is 599 Å². The molecule has 478 valence electrons. The van der Waals surface area contributed by atoms with Crippen molar-refractivity contribution >= 4 is 100 Å². The Bertz CT molecular complexity index is 5830. The highest BCUT2D eigenvalue weighted by molar-refractivity contribution is 7.00. The minimum absolute atomic E-state index is 0.221. The van der Waals surface area contributed by atoms with Crippen LogP contribution in [0.25, 0.3) is 144 Å². The summed E-state index contributed by atoms with van der Waals surface area (Å²) in [4.78, 5) is 16.9. The Morgan fingerprint density at radius 3 is 0.874 bits per heavy atom. The van der Waals surface area contributed by atoms with Gasteiger partial charge in [-0.3, -0.25) is 0 Å². The monoisotopic (exact) mass is 1310 g/mol. The first-order chi connectivity index (χ1) is 51.0. The van der Waals surface area contributed by atoms with Crippen molar-refractivity contribution < 1.29 is 0 Å². The van der Waals surface area contributed by atoms with E-state index in [9.17, 15) is 0 Å². The number of aromatic nitrogens is 2.